The van der Waals surface area contributed by atoms with Crippen molar-refractivity contribution in [2.24, 2.45) is 10.9 Å². The van der Waals surface area contributed by atoms with Gasteiger partial charge < -0.3 is 9.80 Å². The monoisotopic (exact) mass is 447 g/mol. The number of alkyl halides is 3. The molecule has 0 aliphatic carbocycles. The first kappa shape index (κ1) is 22.6. The first-order chi connectivity index (χ1) is 15.2. The molecule has 0 unspecified atom stereocenters. The van der Waals surface area contributed by atoms with Crippen molar-refractivity contribution >= 4 is 17.5 Å². The first-order valence-corrected chi connectivity index (χ1v) is 11.2. The summed E-state index contributed by atoms with van der Waals surface area (Å²) in [6.45, 7) is 6.12. The summed E-state index contributed by atoms with van der Waals surface area (Å²) in [5.74, 6) is -0.314. The Morgan fingerprint density at radius 1 is 1.06 bits per heavy atom. The predicted octanol–water partition coefficient (Wildman–Crippen LogP) is 4.05. The van der Waals surface area contributed by atoms with Gasteiger partial charge >= 0.3 is 6.18 Å². The molecule has 0 atom stereocenters. The molecule has 4 rings (SSSR count). The molecule has 2 amide bonds. The number of likely N-dealkylation sites (tertiary alicyclic amines) is 1. The molecule has 3 heterocycles. The molecule has 1 aromatic rings. The fraction of sp³-hybridized carbons (Fsp3) is 0.542. The fourth-order valence-electron chi connectivity index (χ4n) is 4.93. The zero-order valence-electron chi connectivity index (χ0n) is 18.4. The molecule has 1 saturated heterocycles. The first-order valence-electron chi connectivity index (χ1n) is 11.2. The molecule has 1 aromatic carbocycles. The molecule has 0 radical (unpaired) electrons. The summed E-state index contributed by atoms with van der Waals surface area (Å²) in [7, 11) is 0. The Bertz CT molecular complexity index is 973. The Labute approximate surface area is 186 Å². The number of benzene rings is 1. The molecule has 3 aliphatic rings. The van der Waals surface area contributed by atoms with Crippen LogP contribution in [0, 0.1) is 5.92 Å². The van der Waals surface area contributed by atoms with Crippen LogP contribution >= 0.6 is 0 Å². The van der Waals surface area contributed by atoms with Crippen LogP contribution in [0.25, 0.3) is 0 Å². The summed E-state index contributed by atoms with van der Waals surface area (Å²) in [5, 5.41) is 0. The highest BCUT2D eigenvalue weighted by Gasteiger charge is 2.38. The van der Waals surface area contributed by atoms with E-state index < -0.39 is 11.7 Å². The highest BCUT2D eigenvalue weighted by molar-refractivity contribution is 6.46. The molecule has 32 heavy (non-hydrogen) atoms. The lowest BCUT2D eigenvalue weighted by molar-refractivity contribution is -0.138. The molecule has 1 fully saturated rings. The number of piperidine rings is 1. The average Bonchev–Trinajstić information content (AvgIpc) is 3.20. The minimum atomic E-state index is -4.38. The maximum atomic E-state index is 13.4. The van der Waals surface area contributed by atoms with Crippen molar-refractivity contribution in [3.05, 3.63) is 46.5 Å². The van der Waals surface area contributed by atoms with Crippen molar-refractivity contribution in [3.63, 3.8) is 0 Å². The third-order valence-corrected chi connectivity index (χ3v) is 6.65. The van der Waals surface area contributed by atoms with Gasteiger partial charge in [-0.15, -0.1) is 0 Å². The van der Waals surface area contributed by atoms with Crippen LogP contribution in [-0.2, 0) is 15.8 Å². The number of amides is 2. The number of rotatable bonds is 3. The lowest BCUT2D eigenvalue weighted by atomic mass is 9.86. The number of halogens is 3. The zero-order valence-corrected chi connectivity index (χ0v) is 18.4. The quantitative estimate of drug-likeness (QED) is 0.702. The van der Waals surface area contributed by atoms with Gasteiger partial charge in [0.2, 0.25) is 5.91 Å². The van der Waals surface area contributed by atoms with E-state index in [4.69, 9.17) is 0 Å². The topological polar surface area (TPSA) is 53.0 Å². The molecule has 0 spiro atoms. The van der Waals surface area contributed by atoms with E-state index in [9.17, 15) is 22.8 Å². The van der Waals surface area contributed by atoms with Gasteiger partial charge in [0, 0.05) is 32.1 Å². The molecule has 0 saturated carbocycles. The van der Waals surface area contributed by atoms with Gasteiger partial charge in [-0.05, 0) is 48.0 Å². The number of carbonyl (C=O) groups excluding carboxylic acids is 2. The Morgan fingerprint density at radius 2 is 1.75 bits per heavy atom. The molecule has 5 nitrogen and oxygen atoms in total. The maximum absolute atomic E-state index is 13.4. The van der Waals surface area contributed by atoms with Gasteiger partial charge in [-0.1, -0.05) is 32.0 Å². The number of aliphatic imine (C=N–C) groups is 1. The second kappa shape index (κ2) is 8.71. The van der Waals surface area contributed by atoms with Crippen molar-refractivity contribution in [2.75, 3.05) is 32.7 Å². The third kappa shape index (κ3) is 4.32. The molecule has 3 aliphatic heterocycles. The molecular weight excluding hydrogens is 419 g/mol. The number of carbonyl (C=O) groups is 2. The van der Waals surface area contributed by atoms with Gasteiger partial charge in [0.15, 0.2) is 0 Å². The highest BCUT2D eigenvalue weighted by Crippen LogP contribution is 2.39. The molecule has 8 heteroatoms. The molecule has 172 valence electrons. The fourth-order valence-corrected chi connectivity index (χ4v) is 4.93. The highest BCUT2D eigenvalue weighted by atomic mass is 19.4. The van der Waals surface area contributed by atoms with Crippen molar-refractivity contribution in [1.82, 2.24) is 9.80 Å². The van der Waals surface area contributed by atoms with Crippen molar-refractivity contribution in [1.29, 1.82) is 0 Å². The van der Waals surface area contributed by atoms with E-state index in [-0.39, 0.29) is 23.7 Å². The van der Waals surface area contributed by atoms with Crippen molar-refractivity contribution in [3.8, 4) is 0 Å². The van der Waals surface area contributed by atoms with E-state index in [1.807, 2.05) is 18.7 Å². The normalized spacial score (nSPS) is 20.0. The lowest BCUT2D eigenvalue weighted by Gasteiger charge is -2.34. The SMILES string of the molecule is CC(C)C(=O)N1CCC2=C(CN=C2C(=O)N2CCC(c3ccccc3C(F)(F)F)CC2)C1. The largest absolute Gasteiger partial charge is 0.416 e. The summed E-state index contributed by atoms with van der Waals surface area (Å²) in [6.07, 6.45) is -2.77. The van der Waals surface area contributed by atoms with Crippen LogP contribution in [-0.4, -0.2) is 60.0 Å². The van der Waals surface area contributed by atoms with Crippen LogP contribution in [0.15, 0.2) is 40.4 Å². The Kier molecular flexibility index (Phi) is 6.14. The van der Waals surface area contributed by atoms with E-state index >= 15 is 0 Å². The van der Waals surface area contributed by atoms with Crippen LogP contribution in [0.2, 0.25) is 0 Å². The van der Waals surface area contributed by atoms with E-state index in [0.717, 1.165) is 17.2 Å². The Morgan fingerprint density at radius 3 is 2.41 bits per heavy atom. The van der Waals surface area contributed by atoms with Crippen LogP contribution in [0.5, 0.6) is 0 Å². The van der Waals surface area contributed by atoms with Gasteiger partial charge in [-0.2, -0.15) is 13.2 Å². The molecule has 0 N–H and O–H groups in total. The maximum Gasteiger partial charge on any atom is 0.416 e. The van der Waals surface area contributed by atoms with Crippen LogP contribution in [0.1, 0.15) is 50.2 Å². The summed E-state index contributed by atoms with van der Waals surface area (Å²) < 4.78 is 40.1. The van der Waals surface area contributed by atoms with E-state index in [1.54, 1.807) is 17.0 Å². The number of hydrogen-bond acceptors (Lipinski definition) is 3. The van der Waals surface area contributed by atoms with E-state index in [2.05, 4.69) is 4.99 Å². The van der Waals surface area contributed by atoms with Gasteiger partial charge in [0.25, 0.3) is 5.91 Å². The molecule has 0 bridgehead atoms. The van der Waals surface area contributed by atoms with Gasteiger partial charge in [-0.25, -0.2) is 0 Å². The van der Waals surface area contributed by atoms with Gasteiger partial charge in [0.05, 0.1) is 12.1 Å². The Balaban J connectivity index is 1.41. The van der Waals surface area contributed by atoms with Crippen molar-refractivity contribution in [2.45, 2.75) is 45.2 Å². The second-order valence-corrected chi connectivity index (χ2v) is 9.06. The zero-order chi connectivity index (χ0) is 23.0. The van der Waals surface area contributed by atoms with Gasteiger partial charge in [-0.3, -0.25) is 14.6 Å². The molecular formula is C24H28F3N3O2. The minimum Gasteiger partial charge on any atom is -0.338 e. The summed E-state index contributed by atoms with van der Waals surface area (Å²) >= 11 is 0. The Hall–Kier alpha value is -2.64. The second-order valence-electron chi connectivity index (χ2n) is 9.06. The number of hydrogen-bond donors (Lipinski definition) is 0. The average molecular weight is 448 g/mol. The smallest absolute Gasteiger partial charge is 0.338 e. The lowest BCUT2D eigenvalue weighted by Crippen LogP contribution is -2.44. The summed E-state index contributed by atoms with van der Waals surface area (Å²) in [6, 6.07) is 5.73. The van der Waals surface area contributed by atoms with Crippen LogP contribution < -0.4 is 0 Å². The van der Waals surface area contributed by atoms with E-state index in [0.29, 0.717) is 63.3 Å². The minimum absolute atomic E-state index is 0.0654. The van der Waals surface area contributed by atoms with Crippen LogP contribution in [0.4, 0.5) is 13.2 Å². The van der Waals surface area contributed by atoms with E-state index in [1.165, 1.54) is 6.07 Å². The summed E-state index contributed by atoms with van der Waals surface area (Å²) in [4.78, 5) is 33.5. The third-order valence-electron chi connectivity index (χ3n) is 6.65. The predicted molar refractivity (Wildman–Crippen MR) is 115 cm³/mol. The van der Waals surface area contributed by atoms with Crippen molar-refractivity contribution < 1.29 is 22.8 Å². The van der Waals surface area contributed by atoms with Gasteiger partial charge in [0.1, 0.15) is 5.71 Å². The standard InChI is InChI=1S/C24H28F3N3O2/c1-15(2)22(31)30-12-9-19-17(14-30)13-28-21(19)23(32)29-10-7-16(8-11-29)18-5-3-4-6-20(18)24(25,26)27/h3-6,15-16H,7-14H2,1-2H3. The summed E-state index contributed by atoms with van der Waals surface area (Å²) in [5.41, 5.74) is 2.20. The number of nitrogens with zero attached hydrogens (tertiary/aromatic N) is 3. The molecule has 0 aromatic heterocycles. The van der Waals surface area contributed by atoms with Crippen LogP contribution in [0.3, 0.4) is 0 Å².